The summed E-state index contributed by atoms with van der Waals surface area (Å²) < 4.78 is 28.2. The molecule has 1 saturated heterocycles. The van der Waals surface area contributed by atoms with Gasteiger partial charge in [0.05, 0.1) is 11.0 Å². The van der Waals surface area contributed by atoms with Crippen LogP contribution in [0.25, 0.3) is 0 Å². The second-order valence-corrected chi connectivity index (χ2v) is 6.58. The number of nitrogens with zero attached hydrogens (tertiary/aromatic N) is 1. The van der Waals surface area contributed by atoms with Gasteiger partial charge in [0.15, 0.2) is 0 Å². The van der Waals surface area contributed by atoms with Crippen molar-refractivity contribution in [3.05, 3.63) is 29.8 Å². The molecule has 1 aromatic rings. The molecule has 21 heavy (non-hydrogen) atoms. The third-order valence-corrected chi connectivity index (χ3v) is 4.45. The highest BCUT2D eigenvalue weighted by Crippen LogP contribution is 2.17. The Hall–Kier alpha value is -1.44. The Morgan fingerprint density at radius 2 is 2.05 bits per heavy atom. The van der Waals surface area contributed by atoms with Crippen molar-refractivity contribution in [2.75, 3.05) is 19.7 Å². The van der Waals surface area contributed by atoms with Gasteiger partial charge in [-0.1, -0.05) is 6.07 Å². The average molecular weight is 312 g/mol. The fourth-order valence-corrected chi connectivity index (χ4v) is 3.01. The summed E-state index contributed by atoms with van der Waals surface area (Å²) in [5.74, 6) is -0.171. The van der Waals surface area contributed by atoms with Crippen LogP contribution in [0.5, 0.6) is 0 Å². The first kappa shape index (κ1) is 15.9. The molecule has 0 saturated carbocycles. The van der Waals surface area contributed by atoms with Crippen LogP contribution in [0.15, 0.2) is 29.2 Å². The van der Waals surface area contributed by atoms with Crippen LogP contribution in [0.1, 0.15) is 30.1 Å². The molecule has 1 aliphatic rings. The second-order valence-electron chi connectivity index (χ2n) is 5.02. The Balaban J connectivity index is 2.08. The maximum Gasteiger partial charge on any atom is 0.253 e. The summed E-state index contributed by atoms with van der Waals surface area (Å²) in [4.78, 5) is 14.1. The van der Waals surface area contributed by atoms with Crippen molar-refractivity contribution in [3.63, 3.8) is 0 Å². The average Bonchev–Trinajstić information content (AvgIpc) is 2.47. The van der Waals surface area contributed by atoms with Crippen molar-refractivity contribution in [2.24, 2.45) is 5.14 Å². The van der Waals surface area contributed by atoms with E-state index in [2.05, 4.69) is 0 Å². The normalized spacial score (nSPS) is 17.0. The molecule has 0 atom stereocenters. The Bertz CT molecular complexity index is 607. The molecular weight excluding hydrogens is 292 g/mol. The van der Waals surface area contributed by atoms with Crippen LogP contribution in [-0.4, -0.2) is 45.0 Å². The minimum Gasteiger partial charge on any atom is -0.378 e. The Labute approximate surface area is 124 Å². The molecule has 1 amide bonds. The number of amides is 1. The number of piperidine rings is 1. The van der Waals surface area contributed by atoms with Gasteiger partial charge in [-0.15, -0.1) is 0 Å². The summed E-state index contributed by atoms with van der Waals surface area (Å²) in [6, 6.07) is 5.84. The number of benzene rings is 1. The summed E-state index contributed by atoms with van der Waals surface area (Å²) >= 11 is 0. The van der Waals surface area contributed by atoms with E-state index in [9.17, 15) is 13.2 Å². The van der Waals surface area contributed by atoms with Crippen LogP contribution in [0.3, 0.4) is 0 Å². The van der Waals surface area contributed by atoms with Gasteiger partial charge in [0.2, 0.25) is 10.0 Å². The molecule has 0 bridgehead atoms. The third-order valence-electron chi connectivity index (χ3n) is 3.54. The standard InChI is InChI=1S/C14H20N2O4S/c1-2-20-12-6-8-16(9-7-12)14(17)11-4-3-5-13(10-11)21(15,18)19/h3-5,10,12H,2,6-9H2,1H3,(H2,15,18,19). The van der Waals surface area contributed by atoms with Gasteiger partial charge < -0.3 is 9.64 Å². The largest absolute Gasteiger partial charge is 0.378 e. The predicted molar refractivity (Wildman–Crippen MR) is 78.4 cm³/mol. The first-order chi connectivity index (χ1) is 9.91. The monoisotopic (exact) mass is 312 g/mol. The third kappa shape index (κ3) is 4.03. The van der Waals surface area contributed by atoms with Crippen molar-refractivity contribution in [3.8, 4) is 0 Å². The number of nitrogens with two attached hydrogens (primary N) is 1. The lowest BCUT2D eigenvalue weighted by atomic mass is 10.1. The minimum atomic E-state index is -3.80. The fraction of sp³-hybridized carbons (Fsp3) is 0.500. The number of likely N-dealkylation sites (tertiary alicyclic amines) is 1. The molecule has 0 aliphatic carbocycles. The summed E-state index contributed by atoms with van der Waals surface area (Å²) in [6.07, 6.45) is 1.80. The van der Waals surface area contributed by atoms with E-state index in [1.54, 1.807) is 11.0 Å². The van der Waals surface area contributed by atoms with Gasteiger partial charge in [0, 0.05) is 25.3 Å². The fourth-order valence-electron chi connectivity index (χ4n) is 2.45. The van der Waals surface area contributed by atoms with Gasteiger partial charge in [0.1, 0.15) is 0 Å². The van der Waals surface area contributed by atoms with Gasteiger partial charge in [-0.3, -0.25) is 4.79 Å². The van der Waals surface area contributed by atoms with E-state index in [0.717, 1.165) is 12.8 Å². The lowest BCUT2D eigenvalue weighted by Gasteiger charge is -2.31. The van der Waals surface area contributed by atoms with Crippen LogP contribution < -0.4 is 5.14 Å². The molecule has 1 fully saturated rings. The molecule has 7 heteroatoms. The molecule has 1 aromatic carbocycles. The van der Waals surface area contributed by atoms with E-state index in [1.807, 2.05) is 6.92 Å². The van der Waals surface area contributed by atoms with Crippen molar-refractivity contribution in [1.29, 1.82) is 0 Å². The summed E-state index contributed by atoms with van der Waals surface area (Å²) in [6.45, 7) is 3.86. The Kier molecular flexibility index (Phi) is 4.97. The van der Waals surface area contributed by atoms with Crippen molar-refractivity contribution in [2.45, 2.75) is 30.8 Å². The summed E-state index contributed by atoms with van der Waals surface area (Å²) in [5, 5.41) is 5.09. The van der Waals surface area contributed by atoms with Crippen molar-refractivity contribution >= 4 is 15.9 Å². The van der Waals surface area contributed by atoms with E-state index in [-0.39, 0.29) is 16.9 Å². The van der Waals surface area contributed by atoms with E-state index >= 15 is 0 Å². The topological polar surface area (TPSA) is 89.7 Å². The number of rotatable bonds is 4. The molecule has 0 unspecified atom stereocenters. The molecule has 1 heterocycles. The predicted octanol–water partition coefficient (Wildman–Crippen LogP) is 0.975. The van der Waals surface area contributed by atoms with Gasteiger partial charge in [0.25, 0.3) is 5.91 Å². The van der Waals surface area contributed by atoms with Crippen LogP contribution in [-0.2, 0) is 14.8 Å². The van der Waals surface area contributed by atoms with E-state index in [1.165, 1.54) is 18.2 Å². The molecule has 6 nitrogen and oxygen atoms in total. The smallest absolute Gasteiger partial charge is 0.253 e. The summed E-state index contributed by atoms with van der Waals surface area (Å²) in [5.41, 5.74) is 0.344. The van der Waals surface area contributed by atoms with Crippen molar-refractivity contribution in [1.82, 2.24) is 4.90 Å². The number of carbonyl (C=O) groups is 1. The van der Waals surface area contributed by atoms with Crippen LogP contribution in [0.4, 0.5) is 0 Å². The van der Waals surface area contributed by atoms with Gasteiger partial charge in [-0.25, -0.2) is 13.6 Å². The molecular formula is C14H20N2O4S. The van der Waals surface area contributed by atoms with Gasteiger partial charge in [-0.05, 0) is 38.0 Å². The summed E-state index contributed by atoms with van der Waals surface area (Å²) in [7, 11) is -3.80. The van der Waals surface area contributed by atoms with E-state index in [0.29, 0.717) is 25.3 Å². The maximum absolute atomic E-state index is 12.4. The van der Waals surface area contributed by atoms with E-state index in [4.69, 9.17) is 9.88 Å². The highest BCUT2D eigenvalue weighted by atomic mass is 32.2. The Morgan fingerprint density at radius 3 is 2.62 bits per heavy atom. The number of carbonyl (C=O) groups excluding carboxylic acids is 1. The molecule has 0 aromatic heterocycles. The number of sulfonamides is 1. The quantitative estimate of drug-likeness (QED) is 0.897. The maximum atomic E-state index is 12.4. The number of hydrogen-bond donors (Lipinski definition) is 1. The van der Waals surface area contributed by atoms with Crippen LogP contribution in [0, 0.1) is 0 Å². The number of ether oxygens (including phenoxy) is 1. The molecule has 0 spiro atoms. The van der Waals surface area contributed by atoms with E-state index < -0.39 is 10.0 Å². The molecule has 2 rings (SSSR count). The number of primary sulfonamides is 1. The molecule has 2 N–H and O–H groups in total. The van der Waals surface area contributed by atoms with Gasteiger partial charge >= 0.3 is 0 Å². The van der Waals surface area contributed by atoms with Gasteiger partial charge in [-0.2, -0.15) is 0 Å². The zero-order valence-corrected chi connectivity index (χ0v) is 12.8. The lowest BCUT2D eigenvalue weighted by Crippen LogP contribution is -2.41. The van der Waals surface area contributed by atoms with Crippen LogP contribution >= 0.6 is 0 Å². The molecule has 0 radical (unpaired) electrons. The zero-order valence-electron chi connectivity index (χ0n) is 12.0. The lowest BCUT2D eigenvalue weighted by molar-refractivity contribution is 0.0146. The number of hydrogen-bond acceptors (Lipinski definition) is 4. The van der Waals surface area contributed by atoms with Crippen molar-refractivity contribution < 1.29 is 17.9 Å². The SMILES string of the molecule is CCOC1CCN(C(=O)c2cccc(S(N)(=O)=O)c2)CC1. The minimum absolute atomic E-state index is 0.0439. The highest BCUT2D eigenvalue weighted by Gasteiger charge is 2.24. The molecule has 116 valence electrons. The first-order valence-electron chi connectivity index (χ1n) is 6.95. The van der Waals surface area contributed by atoms with Crippen LogP contribution in [0.2, 0.25) is 0 Å². The first-order valence-corrected chi connectivity index (χ1v) is 8.50. The highest BCUT2D eigenvalue weighted by molar-refractivity contribution is 7.89. The Morgan fingerprint density at radius 1 is 1.38 bits per heavy atom. The molecule has 1 aliphatic heterocycles. The zero-order chi connectivity index (χ0) is 15.5. The second kappa shape index (κ2) is 6.55.